The zero-order valence-electron chi connectivity index (χ0n) is 15.0. The van der Waals surface area contributed by atoms with E-state index in [2.05, 4.69) is 0 Å². The first-order valence-corrected chi connectivity index (χ1v) is 9.10. The minimum atomic E-state index is -0.759. The summed E-state index contributed by atoms with van der Waals surface area (Å²) in [6.45, 7) is 1.24. The Morgan fingerprint density at radius 2 is 1.86 bits per heavy atom. The number of ketones is 1. The Bertz CT molecular complexity index is 1230. The van der Waals surface area contributed by atoms with E-state index in [9.17, 15) is 24.3 Å². The Morgan fingerprint density at radius 3 is 2.45 bits per heavy atom. The van der Waals surface area contributed by atoms with Crippen LogP contribution in [0.25, 0.3) is 0 Å². The zero-order chi connectivity index (χ0) is 21.3. The molecule has 1 N–H and O–H groups in total. The minimum absolute atomic E-state index is 0.0429. The molecule has 0 bridgehead atoms. The number of hydrogen-bond acceptors (Lipinski definition) is 4. The van der Waals surface area contributed by atoms with E-state index in [-0.39, 0.29) is 33.8 Å². The first-order chi connectivity index (χ1) is 13.7. The van der Waals surface area contributed by atoms with Crippen molar-refractivity contribution >= 4 is 29.0 Å². The van der Waals surface area contributed by atoms with Gasteiger partial charge in [0.25, 0.3) is 5.56 Å². The van der Waals surface area contributed by atoms with Crippen LogP contribution in [0.3, 0.4) is 0 Å². The maximum atomic E-state index is 13.2. The lowest BCUT2D eigenvalue weighted by Crippen LogP contribution is -2.27. The second-order valence-corrected chi connectivity index (χ2v) is 7.13. The zero-order valence-corrected chi connectivity index (χ0v) is 16.6. The Balaban J connectivity index is 2.22. The van der Waals surface area contributed by atoms with E-state index in [1.165, 1.54) is 49.4 Å². The highest BCUT2D eigenvalue weighted by Gasteiger charge is 2.26. The fourth-order valence-electron chi connectivity index (χ4n) is 2.95. The van der Waals surface area contributed by atoms with Crippen LogP contribution in [0.5, 0.6) is 5.88 Å². The summed E-state index contributed by atoms with van der Waals surface area (Å²) in [5.74, 6) is -1.72. The molecule has 0 saturated heterocycles. The van der Waals surface area contributed by atoms with E-state index in [0.29, 0.717) is 10.6 Å². The van der Waals surface area contributed by atoms with Crippen molar-refractivity contribution in [3.05, 3.63) is 96.5 Å². The molecule has 0 fully saturated rings. The van der Waals surface area contributed by atoms with Gasteiger partial charge in [-0.1, -0.05) is 35.3 Å². The van der Waals surface area contributed by atoms with Gasteiger partial charge in [0, 0.05) is 10.6 Å². The third kappa shape index (κ3) is 3.88. The first kappa shape index (κ1) is 20.6. The molecule has 1 heterocycles. The van der Waals surface area contributed by atoms with Crippen LogP contribution in [0.4, 0.5) is 4.39 Å². The second kappa shape index (κ2) is 8.08. The molecule has 0 radical (unpaired) electrons. The summed E-state index contributed by atoms with van der Waals surface area (Å²) < 4.78 is 14.1. The molecule has 2 aromatic carbocycles. The number of halogens is 3. The first-order valence-electron chi connectivity index (χ1n) is 8.35. The van der Waals surface area contributed by atoms with Crippen molar-refractivity contribution in [3.8, 4) is 11.9 Å². The van der Waals surface area contributed by atoms with Gasteiger partial charge < -0.3 is 5.11 Å². The fraction of sp³-hybridized carbons (Fsp3) is 0.0952. The standard InChI is InChI=1S/C21H13Cl2FN2O3/c1-11-16(9-25)20(28)26(10-12-2-5-14(24)6-3-12)21(29)18(11)19(27)15-7-4-13(22)8-17(15)23/h2-8,29H,10H2,1H3. The Hall–Kier alpha value is -3.14. The number of aromatic nitrogens is 1. The largest absolute Gasteiger partial charge is 0.494 e. The van der Waals surface area contributed by atoms with Gasteiger partial charge in [0.2, 0.25) is 5.88 Å². The fourth-order valence-corrected chi connectivity index (χ4v) is 3.44. The number of carbonyl (C=O) groups is 1. The highest BCUT2D eigenvalue weighted by Crippen LogP contribution is 2.29. The number of carbonyl (C=O) groups excluding carboxylic acids is 1. The minimum Gasteiger partial charge on any atom is -0.494 e. The number of pyridine rings is 1. The summed E-state index contributed by atoms with van der Waals surface area (Å²) in [7, 11) is 0. The van der Waals surface area contributed by atoms with Gasteiger partial charge in [-0.25, -0.2) is 4.39 Å². The van der Waals surface area contributed by atoms with Crippen LogP contribution >= 0.6 is 23.2 Å². The van der Waals surface area contributed by atoms with Crippen LogP contribution in [-0.2, 0) is 6.54 Å². The summed E-state index contributed by atoms with van der Waals surface area (Å²) >= 11 is 12.0. The van der Waals surface area contributed by atoms with Gasteiger partial charge in [0.1, 0.15) is 17.4 Å². The molecule has 0 aliphatic carbocycles. The summed E-state index contributed by atoms with van der Waals surface area (Å²) in [5, 5.41) is 20.6. The van der Waals surface area contributed by atoms with E-state index < -0.39 is 23.0 Å². The Labute approximate surface area is 175 Å². The predicted molar refractivity (Wildman–Crippen MR) is 107 cm³/mol. The van der Waals surface area contributed by atoms with E-state index in [1.54, 1.807) is 6.07 Å². The second-order valence-electron chi connectivity index (χ2n) is 6.28. The summed E-state index contributed by atoms with van der Waals surface area (Å²) in [5.41, 5.74) is -0.650. The lowest BCUT2D eigenvalue weighted by molar-refractivity contribution is 0.103. The monoisotopic (exact) mass is 430 g/mol. The van der Waals surface area contributed by atoms with Crippen LogP contribution in [0, 0.1) is 24.1 Å². The number of benzene rings is 2. The molecule has 1 aromatic heterocycles. The van der Waals surface area contributed by atoms with Crippen molar-refractivity contribution < 1.29 is 14.3 Å². The average Bonchev–Trinajstić information content (AvgIpc) is 2.67. The van der Waals surface area contributed by atoms with Crippen molar-refractivity contribution in [2.24, 2.45) is 0 Å². The van der Waals surface area contributed by atoms with Crippen LogP contribution in [-0.4, -0.2) is 15.5 Å². The third-order valence-electron chi connectivity index (χ3n) is 4.46. The molecule has 0 amide bonds. The molecular weight excluding hydrogens is 418 g/mol. The molecule has 3 aromatic rings. The van der Waals surface area contributed by atoms with Gasteiger partial charge in [-0.05, 0) is 48.4 Å². The van der Waals surface area contributed by atoms with Crippen LogP contribution in [0.2, 0.25) is 10.0 Å². The van der Waals surface area contributed by atoms with Crippen molar-refractivity contribution in [2.75, 3.05) is 0 Å². The molecule has 0 aliphatic heterocycles. The summed E-state index contributed by atoms with van der Waals surface area (Å²) in [6.07, 6.45) is 0. The lowest BCUT2D eigenvalue weighted by Gasteiger charge is -2.16. The topological polar surface area (TPSA) is 83.1 Å². The smallest absolute Gasteiger partial charge is 0.271 e. The number of rotatable bonds is 4. The molecule has 146 valence electrons. The number of nitriles is 1. The van der Waals surface area contributed by atoms with Gasteiger partial charge in [0.05, 0.1) is 17.1 Å². The maximum absolute atomic E-state index is 13.2. The Kier molecular flexibility index (Phi) is 5.73. The predicted octanol–water partition coefficient (Wildman–Crippen LogP) is 4.46. The molecule has 5 nitrogen and oxygen atoms in total. The van der Waals surface area contributed by atoms with E-state index in [1.807, 2.05) is 0 Å². The van der Waals surface area contributed by atoms with E-state index >= 15 is 0 Å². The van der Waals surface area contributed by atoms with Gasteiger partial charge >= 0.3 is 0 Å². The van der Waals surface area contributed by atoms with Crippen LogP contribution in [0.15, 0.2) is 47.3 Å². The van der Waals surface area contributed by atoms with E-state index in [0.717, 1.165) is 4.57 Å². The highest BCUT2D eigenvalue weighted by atomic mass is 35.5. The number of hydrogen-bond donors (Lipinski definition) is 1. The SMILES string of the molecule is Cc1c(C(=O)c2ccc(Cl)cc2Cl)c(O)n(Cc2ccc(F)cc2)c(=O)c1C#N. The maximum Gasteiger partial charge on any atom is 0.271 e. The third-order valence-corrected chi connectivity index (χ3v) is 5.00. The lowest BCUT2D eigenvalue weighted by atomic mass is 9.97. The van der Waals surface area contributed by atoms with E-state index in [4.69, 9.17) is 23.2 Å². The average molecular weight is 431 g/mol. The van der Waals surface area contributed by atoms with Crippen molar-refractivity contribution in [2.45, 2.75) is 13.5 Å². The van der Waals surface area contributed by atoms with Gasteiger partial charge in [-0.3, -0.25) is 14.2 Å². The number of nitrogens with zero attached hydrogens (tertiary/aromatic N) is 2. The quantitative estimate of drug-likeness (QED) is 0.619. The van der Waals surface area contributed by atoms with Crippen molar-refractivity contribution in [3.63, 3.8) is 0 Å². The molecular formula is C21H13Cl2FN2O3. The molecule has 8 heteroatoms. The molecule has 0 spiro atoms. The normalized spacial score (nSPS) is 10.6. The molecule has 0 atom stereocenters. The van der Waals surface area contributed by atoms with Gasteiger partial charge in [-0.2, -0.15) is 5.26 Å². The molecule has 0 unspecified atom stereocenters. The van der Waals surface area contributed by atoms with Gasteiger partial charge in [0.15, 0.2) is 5.78 Å². The summed E-state index contributed by atoms with van der Waals surface area (Å²) in [6, 6.07) is 11.3. The van der Waals surface area contributed by atoms with Crippen molar-refractivity contribution in [1.82, 2.24) is 4.57 Å². The highest BCUT2D eigenvalue weighted by molar-refractivity contribution is 6.37. The molecule has 29 heavy (non-hydrogen) atoms. The number of aromatic hydroxyl groups is 1. The Morgan fingerprint density at radius 1 is 1.21 bits per heavy atom. The molecule has 3 rings (SSSR count). The van der Waals surface area contributed by atoms with Crippen LogP contribution in [0.1, 0.15) is 32.6 Å². The van der Waals surface area contributed by atoms with Gasteiger partial charge in [-0.15, -0.1) is 0 Å². The summed E-state index contributed by atoms with van der Waals surface area (Å²) in [4.78, 5) is 25.8. The molecule has 0 saturated carbocycles. The molecule has 0 aliphatic rings. The van der Waals surface area contributed by atoms with Crippen molar-refractivity contribution in [1.29, 1.82) is 5.26 Å². The van der Waals surface area contributed by atoms with Crippen LogP contribution < -0.4 is 5.56 Å².